The van der Waals surface area contributed by atoms with Crippen LogP contribution in [0.15, 0.2) is 48.8 Å². The van der Waals surface area contributed by atoms with Crippen molar-refractivity contribution in [3.05, 3.63) is 65.7 Å². The van der Waals surface area contributed by atoms with E-state index in [9.17, 15) is 9.50 Å². The third kappa shape index (κ3) is 4.34. The maximum absolute atomic E-state index is 13.0. The number of pyridine rings is 1. The zero-order valence-electron chi connectivity index (χ0n) is 12.3. The van der Waals surface area contributed by atoms with Gasteiger partial charge < -0.3 is 10.4 Å². The third-order valence-electron chi connectivity index (χ3n) is 3.56. The quantitative estimate of drug-likeness (QED) is 0.858. The summed E-state index contributed by atoms with van der Waals surface area (Å²) < 4.78 is 13.0. The fourth-order valence-corrected chi connectivity index (χ4v) is 2.32. The Kier molecular flexibility index (Phi) is 5.42. The van der Waals surface area contributed by atoms with E-state index in [1.807, 2.05) is 12.1 Å². The van der Waals surface area contributed by atoms with Crippen LogP contribution in [-0.4, -0.2) is 16.1 Å². The Morgan fingerprint density at radius 3 is 2.29 bits per heavy atom. The molecule has 1 aromatic heterocycles. The van der Waals surface area contributed by atoms with Crippen LogP contribution in [0.4, 0.5) is 4.39 Å². The van der Waals surface area contributed by atoms with E-state index >= 15 is 0 Å². The van der Waals surface area contributed by atoms with E-state index < -0.39 is 6.10 Å². The summed E-state index contributed by atoms with van der Waals surface area (Å²) in [7, 11) is 0. The SMILES string of the molecule is CC(C)C(NCc1ccncc1)C(O)c1ccc(F)cc1. The average molecular weight is 288 g/mol. The van der Waals surface area contributed by atoms with Crippen molar-refractivity contribution in [2.24, 2.45) is 5.92 Å². The van der Waals surface area contributed by atoms with Crippen LogP contribution in [0.2, 0.25) is 0 Å². The molecule has 0 fully saturated rings. The first kappa shape index (κ1) is 15.6. The molecule has 0 radical (unpaired) electrons. The molecule has 2 unspecified atom stereocenters. The van der Waals surface area contributed by atoms with Gasteiger partial charge in [0.15, 0.2) is 0 Å². The molecule has 2 atom stereocenters. The topological polar surface area (TPSA) is 45.2 Å². The largest absolute Gasteiger partial charge is 0.387 e. The number of aliphatic hydroxyl groups excluding tert-OH is 1. The van der Waals surface area contributed by atoms with Gasteiger partial charge in [-0.2, -0.15) is 0 Å². The van der Waals surface area contributed by atoms with Crippen LogP contribution in [0.5, 0.6) is 0 Å². The van der Waals surface area contributed by atoms with Crippen LogP contribution in [0.1, 0.15) is 31.1 Å². The molecular weight excluding hydrogens is 267 g/mol. The van der Waals surface area contributed by atoms with Crippen molar-refractivity contribution in [2.75, 3.05) is 0 Å². The van der Waals surface area contributed by atoms with E-state index in [0.717, 1.165) is 11.1 Å². The van der Waals surface area contributed by atoms with Crippen LogP contribution in [-0.2, 0) is 6.54 Å². The standard InChI is InChI=1S/C17H21FN2O/c1-12(2)16(20-11-13-7-9-19-10-8-13)17(21)14-3-5-15(18)6-4-14/h3-10,12,16-17,20-21H,11H2,1-2H3. The summed E-state index contributed by atoms with van der Waals surface area (Å²) in [5.41, 5.74) is 1.83. The van der Waals surface area contributed by atoms with Gasteiger partial charge in [0.2, 0.25) is 0 Å². The minimum atomic E-state index is -0.674. The molecule has 0 spiro atoms. The second kappa shape index (κ2) is 7.29. The molecule has 2 N–H and O–H groups in total. The highest BCUT2D eigenvalue weighted by atomic mass is 19.1. The first-order valence-corrected chi connectivity index (χ1v) is 7.13. The van der Waals surface area contributed by atoms with Crippen molar-refractivity contribution >= 4 is 0 Å². The lowest BCUT2D eigenvalue weighted by molar-refractivity contribution is 0.104. The zero-order chi connectivity index (χ0) is 15.2. The summed E-state index contributed by atoms with van der Waals surface area (Å²) in [5.74, 6) is -0.0521. The smallest absolute Gasteiger partial charge is 0.123 e. The van der Waals surface area contributed by atoms with Crippen molar-refractivity contribution in [1.29, 1.82) is 0 Å². The van der Waals surface area contributed by atoms with Crippen molar-refractivity contribution < 1.29 is 9.50 Å². The summed E-state index contributed by atoms with van der Waals surface area (Å²) in [6, 6.07) is 9.78. The first-order chi connectivity index (χ1) is 10.1. The third-order valence-corrected chi connectivity index (χ3v) is 3.56. The number of benzene rings is 1. The molecule has 3 nitrogen and oxygen atoms in total. The van der Waals surface area contributed by atoms with E-state index in [2.05, 4.69) is 24.1 Å². The average Bonchev–Trinajstić information content (AvgIpc) is 2.48. The lowest BCUT2D eigenvalue weighted by Gasteiger charge is -2.28. The number of aliphatic hydroxyl groups is 1. The predicted octanol–water partition coefficient (Wildman–Crippen LogP) is 3.07. The molecule has 0 aliphatic heterocycles. The number of rotatable bonds is 6. The van der Waals surface area contributed by atoms with Gasteiger partial charge in [0.1, 0.15) is 5.82 Å². The zero-order valence-corrected chi connectivity index (χ0v) is 12.3. The van der Waals surface area contributed by atoms with Gasteiger partial charge in [0.05, 0.1) is 6.10 Å². The predicted molar refractivity (Wildman–Crippen MR) is 81.1 cm³/mol. The maximum Gasteiger partial charge on any atom is 0.123 e. The molecule has 1 aromatic carbocycles. The molecule has 4 heteroatoms. The molecule has 0 saturated heterocycles. The summed E-state index contributed by atoms with van der Waals surface area (Å²) in [4.78, 5) is 3.99. The number of nitrogens with zero attached hydrogens (tertiary/aromatic N) is 1. The van der Waals surface area contributed by atoms with Crippen LogP contribution < -0.4 is 5.32 Å². The van der Waals surface area contributed by atoms with Crippen molar-refractivity contribution in [3.8, 4) is 0 Å². The molecular formula is C17H21FN2O. The van der Waals surface area contributed by atoms with E-state index in [1.165, 1.54) is 12.1 Å². The van der Waals surface area contributed by atoms with Crippen molar-refractivity contribution in [2.45, 2.75) is 32.5 Å². The number of hydrogen-bond donors (Lipinski definition) is 2. The van der Waals surface area contributed by atoms with Gasteiger partial charge in [-0.3, -0.25) is 4.98 Å². The lowest BCUT2D eigenvalue weighted by atomic mass is 9.93. The van der Waals surface area contributed by atoms with Crippen LogP contribution in [0, 0.1) is 11.7 Å². The highest BCUT2D eigenvalue weighted by Crippen LogP contribution is 2.22. The van der Waals surface area contributed by atoms with Gasteiger partial charge in [0, 0.05) is 25.0 Å². The summed E-state index contributed by atoms with van der Waals surface area (Å²) in [6.07, 6.45) is 2.82. The fraction of sp³-hybridized carbons (Fsp3) is 0.353. The van der Waals surface area contributed by atoms with Gasteiger partial charge in [0.25, 0.3) is 0 Å². The number of nitrogens with one attached hydrogen (secondary N) is 1. The van der Waals surface area contributed by atoms with E-state index in [-0.39, 0.29) is 17.8 Å². The second-order valence-corrected chi connectivity index (χ2v) is 5.50. The molecule has 0 aliphatic rings. The van der Waals surface area contributed by atoms with Gasteiger partial charge in [-0.15, -0.1) is 0 Å². The van der Waals surface area contributed by atoms with Gasteiger partial charge in [-0.1, -0.05) is 26.0 Å². The minimum absolute atomic E-state index is 0.108. The van der Waals surface area contributed by atoms with Gasteiger partial charge >= 0.3 is 0 Å². The highest BCUT2D eigenvalue weighted by Gasteiger charge is 2.23. The van der Waals surface area contributed by atoms with Crippen LogP contribution in [0.3, 0.4) is 0 Å². The van der Waals surface area contributed by atoms with Crippen LogP contribution >= 0.6 is 0 Å². The Morgan fingerprint density at radius 2 is 1.71 bits per heavy atom. The minimum Gasteiger partial charge on any atom is -0.387 e. The van der Waals surface area contributed by atoms with Crippen molar-refractivity contribution in [3.63, 3.8) is 0 Å². The molecule has 1 heterocycles. The van der Waals surface area contributed by atoms with Gasteiger partial charge in [-0.05, 0) is 41.3 Å². The number of aromatic nitrogens is 1. The molecule has 0 bridgehead atoms. The Labute approximate surface area is 124 Å². The second-order valence-electron chi connectivity index (χ2n) is 5.50. The highest BCUT2D eigenvalue weighted by molar-refractivity contribution is 5.20. The van der Waals surface area contributed by atoms with E-state index in [0.29, 0.717) is 6.54 Å². The monoisotopic (exact) mass is 288 g/mol. The summed E-state index contributed by atoms with van der Waals surface area (Å²) in [5, 5.41) is 13.9. The normalized spacial score (nSPS) is 14.1. The fourth-order valence-electron chi connectivity index (χ4n) is 2.32. The lowest BCUT2D eigenvalue weighted by Crippen LogP contribution is -2.38. The Balaban J connectivity index is 2.06. The first-order valence-electron chi connectivity index (χ1n) is 7.13. The maximum atomic E-state index is 13.0. The molecule has 112 valence electrons. The van der Waals surface area contributed by atoms with Gasteiger partial charge in [-0.25, -0.2) is 4.39 Å². The summed E-state index contributed by atoms with van der Waals surface area (Å²) >= 11 is 0. The Morgan fingerprint density at radius 1 is 1.10 bits per heavy atom. The van der Waals surface area contributed by atoms with E-state index in [1.54, 1.807) is 24.5 Å². The Bertz CT molecular complexity index is 542. The molecule has 21 heavy (non-hydrogen) atoms. The molecule has 0 amide bonds. The molecule has 2 aromatic rings. The Hall–Kier alpha value is -1.78. The van der Waals surface area contributed by atoms with Crippen molar-refractivity contribution in [1.82, 2.24) is 10.3 Å². The number of hydrogen-bond acceptors (Lipinski definition) is 3. The molecule has 0 aliphatic carbocycles. The number of halogens is 1. The summed E-state index contributed by atoms with van der Waals surface area (Å²) in [6.45, 7) is 4.76. The molecule has 0 saturated carbocycles. The van der Waals surface area contributed by atoms with E-state index in [4.69, 9.17) is 0 Å². The van der Waals surface area contributed by atoms with Crippen LogP contribution in [0.25, 0.3) is 0 Å². The molecule has 2 rings (SSSR count).